The average molecular weight is 216 g/mol. The van der Waals surface area contributed by atoms with Crippen LogP contribution in [-0.4, -0.2) is 11.9 Å². The van der Waals surface area contributed by atoms with Crippen molar-refractivity contribution in [2.75, 3.05) is 5.43 Å². The summed E-state index contributed by atoms with van der Waals surface area (Å²) in [6.45, 7) is 1.63. The van der Waals surface area contributed by atoms with Crippen molar-refractivity contribution in [1.29, 1.82) is 0 Å². The van der Waals surface area contributed by atoms with Crippen molar-refractivity contribution in [2.24, 2.45) is 5.73 Å². The van der Waals surface area contributed by atoms with E-state index in [4.69, 9.17) is 5.73 Å². The summed E-state index contributed by atoms with van der Waals surface area (Å²) in [7, 11) is 0. The molecule has 0 radical (unpaired) electrons. The quantitative estimate of drug-likeness (QED) is 0.657. The maximum Gasteiger partial charge on any atom is 0.254 e. The van der Waals surface area contributed by atoms with Gasteiger partial charge in [-0.05, 0) is 19.1 Å². The molecule has 1 rings (SSSR count). The zero-order chi connectivity index (χ0) is 9.68. The largest absolute Gasteiger partial charge is 0.320 e. The monoisotopic (exact) mass is 215 g/mol. The second-order valence-electron chi connectivity index (χ2n) is 2.77. The molecule has 0 bridgehead atoms. The minimum Gasteiger partial charge on any atom is -0.320 e. The molecule has 0 unspecified atom stereocenters. The number of hydrazine groups is 1. The van der Waals surface area contributed by atoms with Gasteiger partial charge in [-0.15, -0.1) is 12.4 Å². The first-order valence-electron chi connectivity index (χ1n) is 4.06. The van der Waals surface area contributed by atoms with Crippen molar-refractivity contribution < 1.29 is 4.79 Å². The van der Waals surface area contributed by atoms with Crippen LogP contribution < -0.4 is 16.6 Å². The second kappa shape index (κ2) is 6.23. The first-order chi connectivity index (χ1) is 6.20. The smallest absolute Gasteiger partial charge is 0.254 e. The van der Waals surface area contributed by atoms with E-state index in [0.29, 0.717) is 0 Å². The number of rotatable bonds is 3. The zero-order valence-electron chi connectivity index (χ0n) is 7.86. The minimum atomic E-state index is -0.504. The SMILES string of the molecule is C[C@@H](N)C(=O)NNc1ccccc1.Cl. The molecule has 1 aromatic carbocycles. The predicted octanol–water partition coefficient (Wildman–Crippen LogP) is 0.899. The molecule has 0 saturated heterocycles. The van der Waals surface area contributed by atoms with Gasteiger partial charge in [0.15, 0.2) is 0 Å². The van der Waals surface area contributed by atoms with Gasteiger partial charge in [0, 0.05) is 0 Å². The lowest BCUT2D eigenvalue weighted by Gasteiger charge is -2.09. The third kappa shape index (κ3) is 4.11. The van der Waals surface area contributed by atoms with Gasteiger partial charge in [-0.3, -0.25) is 15.6 Å². The van der Waals surface area contributed by atoms with Crippen LogP contribution in [0.5, 0.6) is 0 Å². The van der Waals surface area contributed by atoms with Gasteiger partial charge in [-0.1, -0.05) is 18.2 Å². The highest BCUT2D eigenvalue weighted by atomic mass is 35.5. The third-order valence-electron chi connectivity index (χ3n) is 1.52. The number of hydrogen-bond acceptors (Lipinski definition) is 3. The fraction of sp³-hybridized carbons (Fsp3) is 0.222. The van der Waals surface area contributed by atoms with Crippen molar-refractivity contribution in [3.63, 3.8) is 0 Å². The predicted molar refractivity (Wildman–Crippen MR) is 59.1 cm³/mol. The van der Waals surface area contributed by atoms with Crippen LogP contribution in [0.15, 0.2) is 30.3 Å². The number of para-hydroxylation sites is 1. The van der Waals surface area contributed by atoms with E-state index in [9.17, 15) is 4.79 Å². The van der Waals surface area contributed by atoms with Gasteiger partial charge in [-0.25, -0.2) is 0 Å². The van der Waals surface area contributed by atoms with E-state index in [2.05, 4.69) is 10.9 Å². The number of nitrogens with one attached hydrogen (secondary N) is 2. The van der Waals surface area contributed by atoms with Gasteiger partial charge in [0.25, 0.3) is 5.91 Å². The highest BCUT2D eigenvalue weighted by Crippen LogP contribution is 2.02. The topological polar surface area (TPSA) is 67.2 Å². The van der Waals surface area contributed by atoms with E-state index >= 15 is 0 Å². The highest BCUT2D eigenvalue weighted by molar-refractivity contribution is 5.85. The van der Waals surface area contributed by atoms with Gasteiger partial charge in [0.05, 0.1) is 11.7 Å². The van der Waals surface area contributed by atoms with Crippen molar-refractivity contribution in [3.8, 4) is 0 Å². The fourth-order valence-corrected chi connectivity index (χ4v) is 0.769. The lowest BCUT2D eigenvalue weighted by atomic mass is 10.3. The Labute approximate surface area is 89.3 Å². The Kier molecular flexibility index (Phi) is 5.67. The molecule has 0 spiro atoms. The van der Waals surface area contributed by atoms with Crippen molar-refractivity contribution in [2.45, 2.75) is 13.0 Å². The number of benzene rings is 1. The molecular weight excluding hydrogens is 202 g/mol. The van der Waals surface area contributed by atoms with Crippen LogP contribution in [0.3, 0.4) is 0 Å². The van der Waals surface area contributed by atoms with Gasteiger partial charge in [-0.2, -0.15) is 0 Å². The molecule has 0 fully saturated rings. The molecule has 0 heterocycles. The molecule has 0 aromatic heterocycles. The Morgan fingerprint density at radius 1 is 1.36 bits per heavy atom. The number of carbonyl (C=O) groups is 1. The summed E-state index contributed by atoms with van der Waals surface area (Å²) in [6.07, 6.45) is 0. The van der Waals surface area contributed by atoms with E-state index in [-0.39, 0.29) is 18.3 Å². The van der Waals surface area contributed by atoms with Crippen molar-refractivity contribution in [1.82, 2.24) is 5.43 Å². The number of nitrogens with two attached hydrogens (primary N) is 1. The van der Waals surface area contributed by atoms with Crippen LogP contribution in [0, 0.1) is 0 Å². The molecule has 0 saturated carbocycles. The molecule has 1 aromatic rings. The van der Waals surface area contributed by atoms with E-state index in [1.807, 2.05) is 30.3 Å². The van der Waals surface area contributed by atoms with Crippen LogP contribution in [0.4, 0.5) is 5.69 Å². The van der Waals surface area contributed by atoms with E-state index < -0.39 is 6.04 Å². The number of carbonyl (C=O) groups excluding carboxylic acids is 1. The Balaban J connectivity index is 0.00000169. The molecule has 4 nitrogen and oxygen atoms in total. The number of halogens is 1. The first kappa shape index (κ1) is 12.7. The lowest BCUT2D eigenvalue weighted by Crippen LogP contribution is -2.41. The van der Waals surface area contributed by atoms with E-state index in [0.717, 1.165) is 5.69 Å². The number of amides is 1. The second-order valence-corrected chi connectivity index (χ2v) is 2.77. The zero-order valence-corrected chi connectivity index (χ0v) is 8.67. The molecule has 1 amide bonds. The molecule has 4 N–H and O–H groups in total. The standard InChI is InChI=1S/C9H13N3O.ClH/c1-7(10)9(13)12-11-8-5-3-2-4-6-8;/h2-7,11H,10H2,1H3,(H,12,13);1H/t7-;/m1./s1. The number of hydrogen-bond donors (Lipinski definition) is 3. The normalized spacial score (nSPS) is 11.0. The summed E-state index contributed by atoms with van der Waals surface area (Å²) in [5.74, 6) is -0.233. The van der Waals surface area contributed by atoms with Crippen LogP contribution in [0.1, 0.15) is 6.92 Å². The Bertz CT molecular complexity index is 277. The molecule has 0 aliphatic carbocycles. The summed E-state index contributed by atoms with van der Waals surface area (Å²) in [5.41, 5.74) is 11.4. The minimum absolute atomic E-state index is 0. The Morgan fingerprint density at radius 2 is 1.93 bits per heavy atom. The summed E-state index contributed by atoms with van der Waals surface area (Å²) < 4.78 is 0. The van der Waals surface area contributed by atoms with Crippen LogP contribution >= 0.6 is 12.4 Å². The molecule has 5 heteroatoms. The molecule has 14 heavy (non-hydrogen) atoms. The van der Waals surface area contributed by atoms with E-state index in [1.165, 1.54) is 0 Å². The van der Waals surface area contributed by atoms with Gasteiger partial charge < -0.3 is 5.73 Å². The molecular formula is C9H14ClN3O. The summed E-state index contributed by atoms with van der Waals surface area (Å²) in [5, 5.41) is 0. The molecule has 0 aliphatic heterocycles. The Hall–Kier alpha value is -1.26. The van der Waals surface area contributed by atoms with E-state index in [1.54, 1.807) is 6.92 Å². The van der Waals surface area contributed by atoms with Crippen LogP contribution in [-0.2, 0) is 4.79 Å². The van der Waals surface area contributed by atoms with Crippen LogP contribution in [0.2, 0.25) is 0 Å². The van der Waals surface area contributed by atoms with Crippen molar-refractivity contribution in [3.05, 3.63) is 30.3 Å². The maximum absolute atomic E-state index is 11.0. The maximum atomic E-state index is 11.0. The summed E-state index contributed by atoms with van der Waals surface area (Å²) in [4.78, 5) is 11.0. The van der Waals surface area contributed by atoms with Gasteiger partial charge in [0.2, 0.25) is 0 Å². The Morgan fingerprint density at radius 3 is 2.43 bits per heavy atom. The molecule has 1 atom stereocenters. The van der Waals surface area contributed by atoms with Crippen LogP contribution in [0.25, 0.3) is 0 Å². The average Bonchev–Trinajstić information content (AvgIpc) is 2.15. The summed E-state index contributed by atoms with van der Waals surface area (Å²) >= 11 is 0. The first-order valence-corrected chi connectivity index (χ1v) is 4.06. The highest BCUT2D eigenvalue weighted by Gasteiger charge is 2.04. The van der Waals surface area contributed by atoms with Gasteiger partial charge >= 0.3 is 0 Å². The number of anilines is 1. The summed E-state index contributed by atoms with van der Waals surface area (Å²) in [6, 6.07) is 8.85. The van der Waals surface area contributed by atoms with Crippen molar-refractivity contribution >= 4 is 24.0 Å². The third-order valence-corrected chi connectivity index (χ3v) is 1.52. The lowest BCUT2D eigenvalue weighted by molar-refractivity contribution is -0.121. The molecule has 0 aliphatic rings. The fourth-order valence-electron chi connectivity index (χ4n) is 0.769. The van der Waals surface area contributed by atoms with Gasteiger partial charge in [0.1, 0.15) is 0 Å². The molecule has 78 valence electrons.